The fourth-order valence-electron chi connectivity index (χ4n) is 3.86. The van der Waals surface area contributed by atoms with Crippen LogP contribution in [0.4, 0.5) is 0 Å². The maximum Gasteiger partial charge on any atom is 0.249 e. The zero-order chi connectivity index (χ0) is 16.7. The minimum absolute atomic E-state index is 0.174. The molecule has 0 aromatic carbocycles. The molecule has 1 N–H and O–H groups in total. The smallest absolute Gasteiger partial charge is 0.249 e. The highest BCUT2D eigenvalue weighted by atomic mass is 16.5. The average Bonchev–Trinajstić information content (AvgIpc) is 3.49. The summed E-state index contributed by atoms with van der Waals surface area (Å²) in [6.07, 6.45) is 5.50. The summed E-state index contributed by atoms with van der Waals surface area (Å²) in [7, 11) is 0. The molecule has 3 fully saturated rings. The largest absolute Gasteiger partial charge is 0.381 e. The number of amides is 1. The molecule has 2 saturated carbocycles. The Kier molecular flexibility index (Phi) is 4.33. The first-order valence-electron chi connectivity index (χ1n) is 9.35. The van der Waals surface area contributed by atoms with E-state index >= 15 is 0 Å². The lowest BCUT2D eigenvalue weighted by molar-refractivity contribution is -0.124. The van der Waals surface area contributed by atoms with Crippen LogP contribution in [-0.4, -0.2) is 29.3 Å². The van der Waals surface area contributed by atoms with Crippen LogP contribution >= 0.6 is 0 Å². The van der Waals surface area contributed by atoms with Gasteiger partial charge in [0, 0.05) is 25.0 Å². The summed E-state index contributed by atoms with van der Waals surface area (Å²) >= 11 is 0. The highest BCUT2D eigenvalue weighted by molar-refractivity contribution is 5.82. The second-order valence-electron chi connectivity index (χ2n) is 7.93. The molecule has 1 aromatic rings. The third-order valence-corrected chi connectivity index (χ3v) is 5.68. The number of carbonyl (C=O) groups is 1. The van der Waals surface area contributed by atoms with E-state index in [1.807, 2.05) is 13.8 Å². The van der Waals surface area contributed by atoms with Gasteiger partial charge in [-0.05, 0) is 49.9 Å². The molecule has 3 atom stereocenters. The molecule has 24 heavy (non-hydrogen) atoms. The molecule has 2 aliphatic carbocycles. The van der Waals surface area contributed by atoms with Gasteiger partial charge in [0.1, 0.15) is 6.04 Å². The fraction of sp³-hybridized carbons (Fsp3) is 0.833. The molecule has 6 heteroatoms. The molecule has 4 rings (SSSR count). The van der Waals surface area contributed by atoms with Crippen LogP contribution in [0.25, 0.3) is 0 Å². The number of nitrogens with one attached hydrogen (secondary N) is 1. The number of nitrogens with zero attached hydrogens (tertiary/aromatic N) is 2. The quantitative estimate of drug-likeness (QED) is 0.866. The molecule has 0 spiro atoms. The first kappa shape index (κ1) is 16.1. The Hall–Kier alpha value is -1.43. The predicted molar refractivity (Wildman–Crippen MR) is 87.1 cm³/mol. The topological polar surface area (TPSA) is 77.2 Å². The van der Waals surface area contributed by atoms with Gasteiger partial charge in [-0.2, -0.15) is 4.98 Å². The van der Waals surface area contributed by atoms with E-state index in [2.05, 4.69) is 15.5 Å². The Balaban J connectivity index is 1.47. The zero-order valence-electron chi connectivity index (χ0n) is 14.5. The van der Waals surface area contributed by atoms with Gasteiger partial charge < -0.3 is 14.6 Å². The summed E-state index contributed by atoms with van der Waals surface area (Å²) in [5, 5.41) is 7.32. The van der Waals surface area contributed by atoms with Gasteiger partial charge in [-0.3, -0.25) is 4.79 Å². The van der Waals surface area contributed by atoms with Crippen LogP contribution in [0.5, 0.6) is 0 Å². The number of rotatable bonds is 6. The Morgan fingerprint density at radius 2 is 1.96 bits per heavy atom. The van der Waals surface area contributed by atoms with Gasteiger partial charge in [-0.25, -0.2) is 0 Å². The second kappa shape index (κ2) is 6.47. The van der Waals surface area contributed by atoms with Gasteiger partial charge in [0.2, 0.25) is 11.8 Å². The Bertz CT molecular complexity index is 590. The molecule has 0 bridgehead atoms. The van der Waals surface area contributed by atoms with Crippen LogP contribution in [0.15, 0.2) is 4.52 Å². The number of ether oxygens (including phenoxy) is 1. The average molecular weight is 333 g/mol. The van der Waals surface area contributed by atoms with Crippen LogP contribution in [0.1, 0.15) is 69.6 Å². The molecular formula is C18H27N3O3. The number of hydrogen-bond acceptors (Lipinski definition) is 5. The van der Waals surface area contributed by atoms with Crippen LogP contribution < -0.4 is 5.32 Å². The van der Waals surface area contributed by atoms with Crippen molar-refractivity contribution in [1.82, 2.24) is 15.5 Å². The first-order chi connectivity index (χ1) is 11.6. The monoisotopic (exact) mass is 333 g/mol. The summed E-state index contributed by atoms with van der Waals surface area (Å²) in [6, 6.07) is -0.179. The van der Waals surface area contributed by atoms with Crippen LogP contribution in [0.2, 0.25) is 0 Å². The second-order valence-corrected chi connectivity index (χ2v) is 7.93. The van der Waals surface area contributed by atoms with E-state index in [1.165, 1.54) is 12.8 Å². The highest BCUT2D eigenvalue weighted by Crippen LogP contribution is 2.54. The predicted octanol–water partition coefficient (Wildman–Crippen LogP) is 2.82. The molecule has 1 aliphatic heterocycles. The van der Waals surface area contributed by atoms with E-state index in [4.69, 9.17) is 9.26 Å². The SMILES string of the molecule is CC(C)c1noc([C@H](NC(=O)[C@H]2C[C@H]2C2CC2)C2CCOCC2)n1. The van der Waals surface area contributed by atoms with Crippen molar-refractivity contribution in [1.29, 1.82) is 0 Å². The van der Waals surface area contributed by atoms with Crippen LogP contribution in [0.3, 0.4) is 0 Å². The standard InChI is InChI=1S/C18H27N3O3/c1-10(2)16-20-18(24-21-16)15(12-5-7-23-8-6-12)19-17(22)14-9-13(14)11-3-4-11/h10-15H,3-9H2,1-2H3,(H,19,22)/t13-,14-,15+/m0/s1. The normalized spacial score (nSPS) is 28.8. The molecule has 132 valence electrons. The maximum atomic E-state index is 12.7. The summed E-state index contributed by atoms with van der Waals surface area (Å²) < 4.78 is 11.0. The van der Waals surface area contributed by atoms with Gasteiger partial charge in [0.15, 0.2) is 5.82 Å². The molecule has 1 amide bonds. The summed E-state index contributed by atoms with van der Waals surface area (Å²) in [6.45, 7) is 5.55. The van der Waals surface area contributed by atoms with Gasteiger partial charge in [0.25, 0.3) is 0 Å². The minimum atomic E-state index is -0.179. The van der Waals surface area contributed by atoms with E-state index in [9.17, 15) is 4.79 Å². The minimum Gasteiger partial charge on any atom is -0.381 e. The zero-order valence-corrected chi connectivity index (χ0v) is 14.5. The molecule has 0 unspecified atom stereocenters. The van der Waals surface area contributed by atoms with Crippen LogP contribution in [-0.2, 0) is 9.53 Å². The van der Waals surface area contributed by atoms with Crippen molar-refractivity contribution in [2.75, 3.05) is 13.2 Å². The molecule has 6 nitrogen and oxygen atoms in total. The van der Waals surface area contributed by atoms with Crippen molar-refractivity contribution in [3.63, 3.8) is 0 Å². The number of carbonyl (C=O) groups excluding carboxylic acids is 1. The summed E-state index contributed by atoms with van der Waals surface area (Å²) in [5.74, 6) is 3.59. The van der Waals surface area contributed by atoms with Crippen molar-refractivity contribution in [2.45, 2.75) is 57.9 Å². The Labute approximate surface area is 142 Å². The first-order valence-corrected chi connectivity index (χ1v) is 9.35. The third-order valence-electron chi connectivity index (χ3n) is 5.68. The maximum absolute atomic E-state index is 12.7. The number of aromatic nitrogens is 2. The Morgan fingerprint density at radius 3 is 2.58 bits per heavy atom. The lowest BCUT2D eigenvalue weighted by atomic mass is 9.91. The lowest BCUT2D eigenvalue weighted by Crippen LogP contribution is -2.37. The molecular weight excluding hydrogens is 306 g/mol. The molecule has 3 aliphatic rings. The van der Waals surface area contributed by atoms with Gasteiger partial charge in [-0.15, -0.1) is 0 Å². The summed E-state index contributed by atoms with van der Waals surface area (Å²) in [4.78, 5) is 17.2. The van der Waals surface area contributed by atoms with Gasteiger partial charge in [0.05, 0.1) is 0 Å². The molecule has 1 saturated heterocycles. The highest BCUT2D eigenvalue weighted by Gasteiger charge is 2.51. The van der Waals surface area contributed by atoms with E-state index in [-0.39, 0.29) is 23.8 Å². The van der Waals surface area contributed by atoms with E-state index in [0.29, 0.717) is 23.6 Å². The third kappa shape index (κ3) is 3.34. The van der Waals surface area contributed by atoms with Crippen molar-refractivity contribution < 1.29 is 14.1 Å². The van der Waals surface area contributed by atoms with Gasteiger partial charge in [-0.1, -0.05) is 19.0 Å². The van der Waals surface area contributed by atoms with Crippen molar-refractivity contribution >= 4 is 5.91 Å². The van der Waals surface area contributed by atoms with Crippen molar-refractivity contribution in [2.24, 2.45) is 23.7 Å². The van der Waals surface area contributed by atoms with E-state index in [1.54, 1.807) is 0 Å². The lowest BCUT2D eigenvalue weighted by Gasteiger charge is -2.28. The molecule has 1 aromatic heterocycles. The molecule has 2 heterocycles. The van der Waals surface area contributed by atoms with E-state index < -0.39 is 0 Å². The van der Waals surface area contributed by atoms with Crippen molar-refractivity contribution in [3.8, 4) is 0 Å². The molecule has 0 radical (unpaired) electrons. The fourth-order valence-corrected chi connectivity index (χ4v) is 3.86. The summed E-state index contributed by atoms with van der Waals surface area (Å²) in [5.41, 5.74) is 0. The van der Waals surface area contributed by atoms with Gasteiger partial charge >= 0.3 is 0 Å². The van der Waals surface area contributed by atoms with Crippen molar-refractivity contribution in [3.05, 3.63) is 11.7 Å². The number of hydrogen-bond donors (Lipinski definition) is 1. The van der Waals surface area contributed by atoms with Crippen LogP contribution in [0, 0.1) is 23.7 Å². The van der Waals surface area contributed by atoms with E-state index in [0.717, 1.165) is 38.4 Å². The Morgan fingerprint density at radius 1 is 1.21 bits per heavy atom.